The van der Waals surface area contributed by atoms with Crippen LogP contribution in [0.25, 0.3) is 0 Å². The van der Waals surface area contributed by atoms with Crippen molar-refractivity contribution >= 4 is 0 Å². The van der Waals surface area contributed by atoms with Crippen molar-refractivity contribution in [3.63, 3.8) is 0 Å². The fraction of sp³-hybridized carbons (Fsp3) is 0.571. The summed E-state index contributed by atoms with van der Waals surface area (Å²) in [5.41, 5.74) is 1.48. The van der Waals surface area contributed by atoms with Crippen molar-refractivity contribution < 1.29 is 0 Å². The van der Waals surface area contributed by atoms with E-state index in [4.69, 9.17) is 0 Å². The standard InChI is InChI=1S/C14H21N/c1-15(2)14(13-10-6-7-11-13)12-8-4-3-5-9-12/h3-5,8-9,13-14H,6-7,10-11H2,1-2H3. The largest absolute Gasteiger partial charge is 0.302 e. The molecule has 0 heterocycles. The fourth-order valence-electron chi connectivity index (χ4n) is 2.92. The summed E-state index contributed by atoms with van der Waals surface area (Å²) in [4.78, 5) is 2.38. The zero-order chi connectivity index (χ0) is 10.7. The van der Waals surface area contributed by atoms with E-state index in [9.17, 15) is 0 Å². The molecule has 1 nitrogen and oxygen atoms in total. The van der Waals surface area contributed by atoms with Gasteiger partial charge in [0.25, 0.3) is 0 Å². The number of nitrogens with zero attached hydrogens (tertiary/aromatic N) is 1. The first kappa shape index (κ1) is 10.7. The Morgan fingerprint density at radius 1 is 1.07 bits per heavy atom. The molecule has 1 heteroatoms. The van der Waals surface area contributed by atoms with Crippen molar-refractivity contribution in [3.8, 4) is 0 Å². The Morgan fingerprint density at radius 2 is 1.67 bits per heavy atom. The van der Waals surface area contributed by atoms with Gasteiger partial charge in [0.1, 0.15) is 0 Å². The van der Waals surface area contributed by atoms with Gasteiger partial charge >= 0.3 is 0 Å². The van der Waals surface area contributed by atoms with Gasteiger partial charge < -0.3 is 4.90 Å². The third-order valence-corrected chi connectivity index (χ3v) is 3.54. The molecule has 1 atom stereocenters. The summed E-state index contributed by atoms with van der Waals surface area (Å²) in [6.07, 6.45) is 5.64. The molecule has 0 aromatic heterocycles. The molecule has 2 rings (SSSR count). The first-order chi connectivity index (χ1) is 7.29. The van der Waals surface area contributed by atoms with Gasteiger partial charge in [-0.15, -0.1) is 0 Å². The molecule has 1 aliphatic carbocycles. The minimum Gasteiger partial charge on any atom is -0.302 e. The van der Waals surface area contributed by atoms with Crippen LogP contribution >= 0.6 is 0 Å². The Hall–Kier alpha value is -0.820. The lowest BCUT2D eigenvalue weighted by Crippen LogP contribution is -2.26. The summed E-state index contributed by atoms with van der Waals surface area (Å²) < 4.78 is 0. The highest BCUT2D eigenvalue weighted by Gasteiger charge is 2.27. The van der Waals surface area contributed by atoms with Gasteiger partial charge in [0.2, 0.25) is 0 Å². The van der Waals surface area contributed by atoms with Crippen LogP contribution in [0.5, 0.6) is 0 Å². The summed E-state index contributed by atoms with van der Waals surface area (Å²) in [5.74, 6) is 0.863. The van der Waals surface area contributed by atoms with Gasteiger partial charge in [-0.3, -0.25) is 0 Å². The second-order valence-electron chi connectivity index (χ2n) is 4.86. The van der Waals surface area contributed by atoms with Gasteiger partial charge in [-0.25, -0.2) is 0 Å². The minimum atomic E-state index is 0.619. The van der Waals surface area contributed by atoms with Crippen LogP contribution in [0.4, 0.5) is 0 Å². The molecule has 82 valence electrons. The lowest BCUT2D eigenvalue weighted by atomic mass is 9.91. The number of hydrogen-bond donors (Lipinski definition) is 0. The first-order valence-electron chi connectivity index (χ1n) is 6.00. The highest BCUT2D eigenvalue weighted by molar-refractivity contribution is 5.20. The van der Waals surface area contributed by atoms with E-state index in [1.165, 1.54) is 31.2 Å². The van der Waals surface area contributed by atoms with E-state index < -0.39 is 0 Å². The van der Waals surface area contributed by atoms with Crippen LogP contribution in [-0.2, 0) is 0 Å². The van der Waals surface area contributed by atoms with Crippen LogP contribution in [0.1, 0.15) is 37.3 Å². The van der Waals surface area contributed by atoms with E-state index in [-0.39, 0.29) is 0 Å². The topological polar surface area (TPSA) is 3.24 Å². The summed E-state index contributed by atoms with van der Waals surface area (Å²) in [7, 11) is 4.41. The van der Waals surface area contributed by atoms with E-state index in [0.29, 0.717) is 6.04 Å². The van der Waals surface area contributed by atoms with E-state index >= 15 is 0 Å². The van der Waals surface area contributed by atoms with Crippen molar-refractivity contribution in [1.82, 2.24) is 4.90 Å². The van der Waals surface area contributed by atoms with E-state index in [1.54, 1.807) is 0 Å². The zero-order valence-corrected chi connectivity index (χ0v) is 9.82. The van der Waals surface area contributed by atoms with Gasteiger partial charge in [-0.1, -0.05) is 43.2 Å². The van der Waals surface area contributed by atoms with Crippen molar-refractivity contribution in [1.29, 1.82) is 0 Å². The van der Waals surface area contributed by atoms with Crippen molar-refractivity contribution in [2.45, 2.75) is 31.7 Å². The smallest absolute Gasteiger partial charge is 0.0370 e. The average molecular weight is 203 g/mol. The summed E-state index contributed by atoms with van der Waals surface area (Å²) in [6, 6.07) is 11.6. The molecular weight excluding hydrogens is 182 g/mol. The molecule has 1 fully saturated rings. The van der Waals surface area contributed by atoms with E-state index in [0.717, 1.165) is 5.92 Å². The fourth-order valence-corrected chi connectivity index (χ4v) is 2.92. The Kier molecular flexibility index (Phi) is 3.42. The van der Waals surface area contributed by atoms with E-state index in [2.05, 4.69) is 49.3 Å². The molecule has 1 saturated carbocycles. The lowest BCUT2D eigenvalue weighted by Gasteiger charge is -2.30. The van der Waals surface area contributed by atoms with Crippen LogP contribution in [0.15, 0.2) is 30.3 Å². The average Bonchev–Trinajstić information content (AvgIpc) is 2.72. The van der Waals surface area contributed by atoms with Gasteiger partial charge in [-0.05, 0) is 38.4 Å². The number of benzene rings is 1. The Bertz CT molecular complexity index is 285. The molecule has 0 saturated heterocycles. The van der Waals surface area contributed by atoms with Gasteiger partial charge in [0.15, 0.2) is 0 Å². The molecule has 1 aliphatic rings. The maximum absolute atomic E-state index is 2.38. The Labute approximate surface area is 93.1 Å². The molecular formula is C14H21N. The molecule has 1 aromatic carbocycles. The summed E-state index contributed by atoms with van der Waals surface area (Å²) in [6.45, 7) is 0. The van der Waals surface area contributed by atoms with Crippen LogP contribution in [0.3, 0.4) is 0 Å². The molecule has 15 heavy (non-hydrogen) atoms. The molecule has 0 aliphatic heterocycles. The quantitative estimate of drug-likeness (QED) is 0.727. The first-order valence-corrected chi connectivity index (χ1v) is 6.00. The molecule has 0 N–H and O–H groups in total. The van der Waals surface area contributed by atoms with Crippen LogP contribution < -0.4 is 0 Å². The normalized spacial score (nSPS) is 19.7. The molecule has 1 unspecified atom stereocenters. The van der Waals surface area contributed by atoms with Crippen LogP contribution in [0.2, 0.25) is 0 Å². The second kappa shape index (κ2) is 4.80. The Morgan fingerprint density at radius 3 is 2.20 bits per heavy atom. The van der Waals surface area contributed by atoms with Crippen molar-refractivity contribution in [2.75, 3.05) is 14.1 Å². The maximum Gasteiger partial charge on any atom is 0.0370 e. The predicted molar refractivity (Wildman–Crippen MR) is 64.8 cm³/mol. The number of hydrogen-bond acceptors (Lipinski definition) is 1. The maximum atomic E-state index is 2.38. The lowest BCUT2D eigenvalue weighted by molar-refractivity contribution is 0.214. The summed E-state index contributed by atoms with van der Waals surface area (Å²) >= 11 is 0. The van der Waals surface area contributed by atoms with Crippen LogP contribution in [-0.4, -0.2) is 19.0 Å². The Balaban J connectivity index is 2.19. The van der Waals surface area contributed by atoms with Gasteiger partial charge in [0, 0.05) is 6.04 Å². The second-order valence-corrected chi connectivity index (χ2v) is 4.86. The van der Waals surface area contributed by atoms with E-state index in [1.807, 2.05) is 0 Å². The highest BCUT2D eigenvalue weighted by atomic mass is 15.1. The predicted octanol–water partition coefficient (Wildman–Crippen LogP) is 3.48. The monoisotopic (exact) mass is 203 g/mol. The minimum absolute atomic E-state index is 0.619. The van der Waals surface area contributed by atoms with Gasteiger partial charge in [0.05, 0.1) is 0 Å². The molecule has 0 spiro atoms. The van der Waals surface area contributed by atoms with Crippen molar-refractivity contribution in [3.05, 3.63) is 35.9 Å². The SMILES string of the molecule is CN(C)C(c1ccccc1)C1CCCC1. The molecule has 1 aromatic rings. The van der Waals surface area contributed by atoms with Gasteiger partial charge in [-0.2, -0.15) is 0 Å². The third-order valence-electron chi connectivity index (χ3n) is 3.54. The summed E-state index contributed by atoms with van der Waals surface area (Å²) in [5, 5.41) is 0. The van der Waals surface area contributed by atoms with Crippen LogP contribution in [0, 0.1) is 5.92 Å². The number of rotatable bonds is 3. The third kappa shape index (κ3) is 2.40. The molecule has 0 radical (unpaired) electrons. The zero-order valence-electron chi connectivity index (χ0n) is 9.82. The highest BCUT2D eigenvalue weighted by Crippen LogP contribution is 2.38. The molecule has 0 bridgehead atoms. The molecule has 0 amide bonds. The van der Waals surface area contributed by atoms with Crippen molar-refractivity contribution in [2.24, 2.45) is 5.92 Å².